The van der Waals surface area contributed by atoms with Gasteiger partial charge in [-0.15, -0.1) is 0 Å². The van der Waals surface area contributed by atoms with E-state index in [1.54, 1.807) is 12.0 Å². The predicted molar refractivity (Wildman–Crippen MR) is 94.0 cm³/mol. The molecule has 0 unspecified atom stereocenters. The van der Waals surface area contributed by atoms with Crippen molar-refractivity contribution in [2.75, 3.05) is 13.7 Å². The van der Waals surface area contributed by atoms with Crippen molar-refractivity contribution in [3.05, 3.63) is 23.4 Å². The highest BCUT2D eigenvalue weighted by Gasteiger charge is 2.44. The number of rotatable bonds is 5. The van der Waals surface area contributed by atoms with Crippen LogP contribution in [0.1, 0.15) is 43.9 Å². The minimum atomic E-state index is -0.349. The SMILES string of the molecule is COc1nc(C)ccc1CNC(=O)[C@@H]1CCCCN1C(=O)[C@H]1C[C@H]1C. The highest BCUT2D eigenvalue weighted by molar-refractivity contribution is 5.89. The Morgan fingerprint density at radius 3 is 2.80 bits per heavy atom. The van der Waals surface area contributed by atoms with Gasteiger partial charge in [0.05, 0.1) is 7.11 Å². The van der Waals surface area contributed by atoms with Gasteiger partial charge in [0.25, 0.3) is 0 Å². The Balaban J connectivity index is 1.64. The molecular weight excluding hydrogens is 318 g/mol. The second-order valence-electron chi connectivity index (χ2n) is 7.20. The quantitative estimate of drug-likeness (QED) is 0.887. The van der Waals surface area contributed by atoms with E-state index in [1.165, 1.54) is 0 Å². The number of piperidine rings is 1. The zero-order valence-corrected chi connectivity index (χ0v) is 15.2. The van der Waals surface area contributed by atoms with Crippen LogP contribution >= 0.6 is 0 Å². The highest BCUT2D eigenvalue weighted by Crippen LogP contribution is 2.40. The average molecular weight is 345 g/mol. The van der Waals surface area contributed by atoms with E-state index in [2.05, 4.69) is 17.2 Å². The largest absolute Gasteiger partial charge is 0.481 e. The molecule has 1 aliphatic carbocycles. The highest BCUT2D eigenvalue weighted by atomic mass is 16.5. The number of aryl methyl sites for hydroxylation is 1. The van der Waals surface area contributed by atoms with Gasteiger partial charge in [0, 0.05) is 30.3 Å². The molecular formula is C19H27N3O3. The molecule has 1 saturated heterocycles. The summed E-state index contributed by atoms with van der Waals surface area (Å²) in [5.41, 5.74) is 1.71. The lowest BCUT2D eigenvalue weighted by Crippen LogP contribution is -2.52. The van der Waals surface area contributed by atoms with Crippen LogP contribution in [0.15, 0.2) is 12.1 Å². The molecule has 1 aromatic heterocycles. The Morgan fingerprint density at radius 1 is 1.36 bits per heavy atom. The van der Waals surface area contributed by atoms with Crippen LogP contribution in [0.2, 0.25) is 0 Å². The number of hydrogen-bond acceptors (Lipinski definition) is 4. The van der Waals surface area contributed by atoms with Crippen LogP contribution in [0.25, 0.3) is 0 Å². The van der Waals surface area contributed by atoms with Gasteiger partial charge in [-0.2, -0.15) is 0 Å². The van der Waals surface area contributed by atoms with Gasteiger partial charge in [0.2, 0.25) is 17.7 Å². The van der Waals surface area contributed by atoms with Crippen LogP contribution < -0.4 is 10.1 Å². The van der Waals surface area contributed by atoms with Crippen LogP contribution in [0.4, 0.5) is 0 Å². The van der Waals surface area contributed by atoms with Crippen molar-refractivity contribution in [3.8, 4) is 5.88 Å². The summed E-state index contributed by atoms with van der Waals surface area (Å²) in [5.74, 6) is 1.19. The fraction of sp³-hybridized carbons (Fsp3) is 0.632. The first kappa shape index (κ1) is 17.7. The first-order valence-corrected chi connectivity index (χ1v) is 9.10. The Labute approximate surface area is 148 Å². The molecule has 3 rings (SSSR count). The minimum Gasteiger partial charge on any atom is -0.481 e. The second-order valence-corrected chi connectivity index (χ2v) is 7.20. The molecule has 2 heterocycles. The molecule has 6 nitrogen and oxygen atoms in total. The zero-order chi connectivity index (χ0) is 18.0. The summed E-state index contributed by atoms with van der Waals surface area (Å²) in [6.07, 6.45) is 3.65. The Morgan fingerprint density at radius 2 is 2.12 bits per heavy atom. The summed E-state index contributed by atoms with van der Waals surface area (Å²) in [6.45, 7) is 5.04. The molecule has 1 aromatic rings. The molecule has 0 spiro atoms. The number of carbonyl (C=O) groups is 2. The van der Waals surface area contributed by atoms with Crippen LogP contribution in [0.3, 0.4) is 0 Å². The molecule has 0 aromatic carbocycles. The van der Waals surface area contributed by atoms with Crippen molar-refractivity contribution in [2.45, 2.75) is 52.1 Å². The summed E-state index contributed by atoms with van der Waals surface area (Å²) in [7, 11) is 1.57. The van der Waals surface area contributed by atoms with E-state index in [4.69, 9.17) is 4.74 Å². The molecule has 0 radical (unpaired) electrons. The van der Waals surface area contributed by atoms with Crippen LogP contribution in [-0.4, -0.2) is 41.4 Å². The molecule has 25 heavy (non-hydrogen) atoms. The molecule has 136 valence electrons. The average Bonchev–Trinajstić information content (AvgIpc) is 3.36. The standard InChI is InChI=1S/C19H27N3O3/c1-12-10-15(12)19(24)22-9-5-4-6-16(22)17(23)20-11-14-8-7-13(2)21-18(14)25-3/h7-8,12,15-16H,4-6,9-11H2,1-3H3,(H,20,23)/t12-,15+,16+/m1/s1. The lowest BCUT2D eigenvalue weighted by Gasteiger charge is -2.35. The van der Waals surface area contributed by atoms with Crippen LogP contribution in [0, 0.1) is 18.8 Å². The number of nitrogens with zero attached hydrogens (tertiary/aromatic N) is 2. The number of carbonyl (C=O) groups excluding carboxylic acids is 2. The number of amides is 2. The smallest absolute Gasteiger partial charge is 0.243 e. The van der Waals surface area contributed by atoms with E-state index < -0.39 is 0 Å². The van der Waals surface area contributed by atoms with Gasteiger partial charge in [-0.25, -0.2) is 4.98 Å². The first-order valence-electron chi connectivity index (χ1n) is 9.10. The van der Waals surface area contributed by atoms with Crippen LogP contribution in [-0.2, 0) is 16.1 Å². The Hall–Kier alpha value is -2.11. The van der Waals surface area contributed by atoms with E-state index >= 15 is 0 Å². The second kappa shape index (κ2) is 7.42. The van der Waals surface area contributed by atoms with Crippen molar-refractivity contribution >= 4 is 11.8 Å². The maximum absolute atomic E-state index is 12.7. The molecule has 2 aliphatic rings. The Bertz CT molecular complexity index is 661. The number of hydrogen-bond donors (Lipinski definition) is 1. The molecule has 6 heteroatoms. The van der Waals surface area contributed by atoms with Gasteiger partial charge in [-0.1, -0.05) is 13.0 Å². The number of ether oxygens (including phenoxy) is 1. The first-order chi connectivity index (χ1) is 12.0. The number of aromatic nitrogens is 1. The lowest BCUT2D eigenvalue weighted by atomic mass is 10.0. The van der Waals surface area contributed by atoms with Gasteiger partial charge in [-0.3, -0.25) is 9.59 Å². The van der Waals surface area contributed by atoms with E-state index in [9.17, 15) is 9.59 Å². The molecule has 3 atom stereocenters. The van der Waals surface area contributed by atoms with Gasteiger partial charge in [0.15, 0.2) is 0 Å². The number of pyridine rings is 1. The topological polar surface area (TPSA) is 71.5 Å². The van der Waals surface area contributed by atoms with E-state index in [0.29, 0.717) is 24.9 Å². The molecule has 2 fully saturated rings. The molecule has 0 bridgehead atoms. The van der Waals surface area contributed by atoms with E-state index in [1.807, 2.05) is 19.1 Å². The summed E-state index contributed by atoms with van der Waals surface area (Å²) < 4.78 is 5.29. The van der Waals surface area contributed by atoms with E-state index in [-0.39, 0.29) is 23.8 Å². The molecule has 1 aliphatic heterocycles. The van der Waals surface area contributed by atoms with Gasteiger partial charge < -0.3 is 15.0 Å². The molecule has 2 amide bonds. The van der Waals surface area contributed by atoms with Gasteiger partial charge >= 0.3 is 0 Å². The minimum absolute atomic E-state index is 0.0796. The van der Waals surface area contributed by atoms with Gasteiger partial charge in [0.1, 0.15) is 6.04 Å². The fourth-order valence-electron chi connectivity index (χ4n) is 3.52. The third kappa shape index (κ3) is 3.94. The summed E-state index contributed by atoms with van der Waals surface area (Å²) in [6, 6.07) is 3.46. The van der Waals surface area contributed by atoms with Crippen molar-refractivity contribution < 1.29 is 14.3 Å². The summed E-state index contributed by atoms with van der Waals surface area (Å²) in [4.78, 5) is 31.5. The monoisotopic (exact) mass is 345 g/mol. The third-order valence-corrected chi connectivity index (χ3v) is 5.24. The number of methoxy groups -OCH3 is 1. The Kier molecular flexibility index (Phi) is 5.25. The molecule has 1 N–H and O–H groups in total. The fourth-order valence-corrected chi connectivity index (χ4v) is 3.52. The zero-order valence-electron chi connectivity index (χ0n) is 15.2. The maximum Gasteiger partial charge on any atom is 0.243 e. The number of likely N-dealkylation sites (tertiary alicyclic amines) is 1. The predicted octanol–water partition coefficient (Wildman–Crippen LogP) is 2.05. The van der Waals surface area contributed by atoms with Gasteiger partial charge in [-0.05, 0) is 44.6 Å². The van der Waals surface area contributed by atoms with Crippen molar-refractivity contribution in [3.63, 3.8) is 0 Å². The normalized spacial score (nSPS) is 25.4. The summed E-state index contributed by atoms with van der Waals surface area (Å²) >= 11 is 0. The third-order valence-electron chi connectivity index (χ3n) is 5.24. The van der Waals surface area contributed by atoms with Crippen molar-refractivity contribution in [1.82, 2.24) is 15.2 Å². The maximum atomic E-state index is 12.7. The van der Waals surface area contributed by atoms with Crippen molar-refractivity contribution in [1.29, 1.82) is 0 Å². The molecule has 1 saturated carbocycles. The van der Waals surface area contributed by atoms with Crippen molar-refractivity contribution in [2.24, 2.45) is 11.8 Å². The lowest BCUT2D eigenvalue weighted by molar-refractivity contribution is -0.143. The van der Waals surface area contributed by atoms with Crippen LogP contribution in [0.5, 0.6) is 5.88 Å². The van der Waals surface area contributed by atoms with E-state index in [0.717, 1.165) is 36.9 Å². The summed E-state index contributed by atoms with van der Waals surface area (Å²) in [5, 5.41) is 2.97. The number of nitrogens with one attached hydrogen (secondary N) is 1.